The smallest absolute Gasteiger partial charge is 0.290 e. The van der Waals surface area contributed by atoms with Gasteiger partial charge in [-0.25, -0.2) is 0 Å². The van der Waals surface area contributed by atoms with Gasteiger partial charge >= 0.3 is 0 Å². The van der Waals surface area contributed by atoms with Crippen molar-refractivity contribution in [2.24, 2.45) is 0 Å². The number of carbonyl (C=O) groups excluding carboxylic acids is 2. The Kier molecular flexibility index (Phi) is 6.07. The van der Waals surface area contributed by atoms with Crippen molar-refractivity contribution in [1.29, 1.82) is 0 Å². The number of hydrogen-bond donors (Lipinski definition) is 3. The number of hydrogen-bond acceptors (Lipinski definition) is 7. The standard InChI is InChI=1S/C22H25N3O5/c1-13-6-5-7-17(14(13)2)24-22(29-4)10-8-15(9-11-22)16(12-26)18-19(21(28)23-3)30-25-20(18)27/h5-10,12,16,24H,11H2,1-4H3,(H,23,28)(H,25,27). The molecule has 2 aromatic rings. The quantitative estimate of drug-likeness (QED) is 0.474. The lowest BCUT2D eigenvalue weighted by Gasteiger charge is -2.34. The van der Waals surface area contributed by atoms with Gasteiger partial charge in [0.2, 0.25) is 5.76 Å². The molecule has 158 valence electrons. The molecule has 0 fully saturated rings. The Morgan fingerprint density at radius 1 is 1.40 bits per heavy atom. The van der Waals surface area contributed by atoms with Crippen LogP contribution in [0.3, 0.4) is 0 Å². The van der Waals surface area contributed by atoms with E-state index in [-0.39, 0.29) is 11.3 Å². The number of nitrogens with one attached hydrogen (secondary N) is 2. The second kappa shape index (κ2) is 8.54. The average molecular weight is 411 g/mol. The van der Waals surface area contributed by atoms with Crippen molar-refractivity contribution < 1.29 is 24.0 Å². The third kappa shape index (κ3) is 3.86. The summed E-state index contributed by atoms with van der Waals surface area (Å²) in [6, 6.07) is 5.99. The van der Waals surface area contributed by atoms with E-state index in [0.717, 1.165) is 16.8 Å². The van der Waals surface area contributed by atoms with Crippen LogP contribution in [0.25, 0.3) is 0 Å². The molecule has 2 atom stereocenters. The number of methoxy groups -OCH3 is 1. The van der Waals surface area contributed by atoms with Crippen LogP contribution in [0.4, 0.5) is 5.69 Å². The normalized spacial score (nSPS) is 19.1. The Morgan fingerprint density at radius 3 is 2.77 bits per heavy atom. The monoisotopic (exact) mass is 411 g/mol. The number of carbonyl (C=O) groups is 2. The summed E-state index contributed by atoms with van der Waals surface area (Å²) >= 11 is 0. The van der Waals surface area contributed by atoms with Crippen LogP contribution in [-0.2, 0) is 9.53 Å². The van der Waals surface area contributed by atoms with E-state index in [9.17, 15) is 14.7 Å². The fraction of sp³-hybridized carbons (Fsp3) is 0.318. The molecule has 0 saturated heterocycles. The predicted molar refractivity (Wildman–Crippen MR) is 111 cm³/mol. The molecule has 1 aromatic carbocycles. The van der Waals surface area contributed by atoms with E-state index in [0.29, 0.717) is 18.3 Å². The zero-order valence-corrected chi connectivity index (χ0v) is 17.4. The van der Waals surface area contributed by atoms with E-state index in [1.807, 2.05) is 44.2 Å². The Morgan fingerprint density at radius 2 is 2.17 bits per heavy atom. The van der Waals surface area contributed by atoms with Crippen molar-refractivity contribution in [3.8, 4) is 5.88 Å². The lowest BCUT2D eigenvalue weighted by atomic mass is 9.86. The molecule has 3 rings (SSSR count). The number of aromatic hydroxyl groups is 1. The highest BCUT2D eigenvalue weighted by atomic mass is 16.5. The van der Waals surface area contributed by atoms with Gasteiger partial charge < -0.3 is 29.8 Å². The average Bonchev–Trinajstić information content (AvgIpc) is 3.14. The van der Waals surface area contributed by atoms with Crippen molar-refractivity contribution in [3.63, 3.8) is 0 Å². The molecule has 8 heteroatoms. The summed E-state index contributed by atoms with van der Waals surface area (Å²) in [4.78, 5) is 23.9. The van der Waals surface area contributed by atoms with E-state index in [1.165, 1.54) is 7.05 Å². The molecular formula is C22H25N3O5. The van der Waals surface area contributed by atoms with Gasteiger partial charge in [0.1, 0.15) is 6.29 Å². The van der Waals surface area contributed by atoms with Crippen molar-refractivity contribution in [2.75, 3.05) is 19.5 Å². The number of amides is 1. The molecule has 0 radical (unpaired) electrons. The number of aryl methyl sites for hydroxylation is 1. The first-order valence-electron chi connectivity index (χ1n) is 9.50. The molecule has 0 bridgehead atoms. The summed E-state index contributed by atoms with van der Waals surface area (Å²) in [5.41, 5.74) is 3.07. The fourth-order valence-electron chi connectivity index (χ4n) is 3.44. The third-order valence-electron chi connectivity index (χ3n) is 5.45. The van der Waals surface area contributed by atoms with Crippen LogP contribution in [0.1, 0.15) is 39.6 Å². The van der Waals surface area contributed by atoms with Crippen LogP contribution in [0.15, 0.2) is 46.5 Å². The maximum absolute atomic E-state index is 12.0. The molecule has 0 saturated carbocycles. The zero-order chi connectivity index (χ0) is 21.9. The number of ether oxygens (including phenoxy) is 1. The highest BCUT2D eigenvalue weighted by Gasteiger charge is 2.34. The third-order valence-corrected chi connectivity index (χ3v) is 5.45. The number of benzene rings is 1. The molecule has 1 heterocycles. The minimum atomic E-state index is -0.907. The Hall–Kier alpha value is -3.39. The number of aldehydes is 1. The van der Waals surface area contributed by atoms with Gasteiger partial charge in [0, 0.05) is 26.3 Å². The molecular weight excluding hydrogens is 386 g/mol. The van der Waals surface area contributed by atoms with Gasteiger partial charge in [-0.15, -0.1) is 0 Å². The lowest BCUT2D eigenvalue weighted by Crippen LogP contribution is -2.39. The van der Waals surface area contributed by atoms with Crippen LogP contribution >= 0.6 is 0 Å². The number of anilines is 1. The maximum Gasteiger partial charge on any atom is 0.290 e. The van der Waals surface area contributed by atoms with Crippen LogP contribution in [0.2, 0.25) is 0 Å². The minimum Gasteiger partial charge on any atom is -0.491 e. The van der Waals surface area contributed by atoms with Crippen LogP contribution in [-0.4, -0.2) is 42.3 Å². The number of rotatable bonds is 7. The van der Waals surface area contributed by atoms with Crippen molar-refractivity contribution in [2.45, 2.75) is 31.9 Å². The maximum atomic E-state index is 12.0. The Bertz CT molecular complexity index is 1020. The van der Waals surface area contributed by atoms with Gasteiger partial charge in [-0.05, 0) is 47.8 Å². The lowest BCUT2D eigenvalue weighted by molar-refractivity contribution is -0.108. The van der Waals surface area contributed by atoms with Crippen LogP contribution in [0.5, 0.6) is 5.88 Å². The molecule has 1 aliphatic rings. The molecule has 3 N–H and O–H groups in total. The first-order valence-corrected chi connectivity index (χ1v) is 9.50. The largest absolute Gasteiger partial charge is 0.491 e. The summed E-state index contributed by atoms with van der Waals surface area (Å²) in [7, 11) is 3.03. The van der Waals surface area contributed by atoms with Gasteiger partial charge in [-0.3, -0.25) is 4.79 Å². The molecule has 2 unspecified atom stereocenters. The molecule has 0 aliphatic heterocycles. The first kappa shape index (κ1) is 21.3. The molecule has 1 aromatic heterocycles. The van der Waals surface area contributed by atoms with E-state index in [2.05, 4.69) is 15.8 Å². The Balaban J connectivity index is 1.89. The van der Waals surface area contributed by atoms with Gasteiger partial charge in [0.25, 0.3) is 11.8 Å². The van der Waals surface area contributed by atoms with Crippen LogP contribution in [0, 0.1) is 13.8 Å². The van der Waals surface area contributed by atoms with Gasteiger partial charge in [-0.1, -0.05) is 24.3 Å². The number of nitrogens with zero attached hydrogens (tertiary/aromatic N) is 1. The van der Waals surface area contributed by atoms with E-state index < -0.39 is 23.4 Å². The SMILES string of the molecule is CNC(=O)c1onc(O)c1C(C=O)C1=CCC(Nc2cccc(C)c2C)(OC)C=C1. The van der Waals surface area contributed by atoms with Gasteiger partial charge in [0.15, 0.2) is 5.72 Å². The molecule has 1 amide bonds. The minimum absolute atomic E-state index is 0.0349. The van der Waals surface area contributed by atoms with Gasteiger partial charge in [-0.2, -0.15) is 0 Å². The summed E-state index contributed by atoms with van der Waals surface area (Å²) in [6.07, 6.45) is 6.47. The van der Waals surface area contributed by atoms with E-state index in [4.69, 9.17) is 9.26 Å². The number of allylic oxidation sites excluding steroid dienone is 2. The highest BCUT2D eigenvalue weighted by Crippen LogP contribution is 2.37. The second-order valence-electron chi connectivity index (χ2n) is 7.15. The molecule has 30 heavy (non-hydrogen) atoms. The van der Waals surface area contributed by atoms with Crippen LogP contribution < -0.4 is 10.6 Å². The zero-order valence-electron chi connectivity index (χ0n) is 17.4. The predicted octanol–water partition coefficient (Wildman–Crippen LogP) is 2.98. The van der Waals surface area contributed by atoms with Gasteiger partial charge in [0.05, 0.1) is 11.5 Å². The fourth-order valence-corrected chi connectivity index (χ4v) is 3.44. The summed E-state index contributed by atoms with van der Waals surface area (Å²) in [5, 5.41) is 19.4. The van der Waals surface area contributed by atoms with E-state index >= 15 is 0 Å². The number of aromatic nitrogens is 1. The molecule has 0 spiro atoms. The second-order valence-corrected chi connectivity index (χ2v) is 7.15. The van der Waals surface area contributed by atoms with E-state index in [1.54, 1.807) is 13.2 Å². The van der Waals surface area contributed by atoms with Crippen molar-refractivity contribution >= 4 is 17.9 Å². The summed E-state index contributed by atoms with van der Waals surface area (Å²) in [6.45, 7) is 4.07. The molecule has 8 nitrogen and oxygen atoms in total. The highest BCUT2D eigenvalue weighted by molar-refractivity contribution is 5.94. The first-order chi connectivity index (χ1) is 14.4. The van der Waals surface area contributed by atoms with Crippen molar-refractivity contribution in [1.82, 2.24) is 10.5 Å². The summed E-state index contributed by atoms with van der Waals surface area (Å²) in [5.74, 6) is -2.17. The summed E-state index contributed by atoms with van der Waals surface area (Å²) < 4.78 is 10.7. The Labute approximate surface area is 174 Å². The molecule has 1 aliphatic carbocycles. The van der Waals surface area contributed by atoms with Crippen molar-refractivity contribution in [3.05, 3.63) is 64.5 Å². The topological polar surface area (TPSA) is 114 Å².